The minimum Gasteiger partial charge on any atom is -0.495 e. The van der Waals surface area contributed by atoms with Gasteiger partial charge in [-0.3, -0.25) is 4.79 Å². The van der Waals surface area contributed by atoms with E-state index in [4.69, 9.17) is 10.5 Å². The number of nitrogen functional groups attached to an aromatic ring is 1. The fraction of sp³-hybridized carbons (Fsp3) is 0.364. The van der Waals surface area contributed by atoms with Gasteiger partial charge in [0.1, 0.15) is 16.7 Å². The predicted octanol–water partition coefficient (Wildman–Crippen LogP) is 0.117. The average molecular weight is 288 g/mol. The highest BCUT2D eigenvalue weighted by atomic mass is 32.2. The van der Waals surface area contributed by atoms with Crippen LogP contribution < -0.4 is 15.2 Å². The summed E-state index contributed by atoms with van der Waals surface area (Å²) in [5, 5.41) is 0. The number of nitrogens with two attached hydrogens (primary N) is 1. The fourth-order valence-electron chi connectivity index (χ4n) is 1.42. The van der Waals surface area contributed by atoms with Crippen molar-refractivity contribution in [2.75, 3.05) is 20.0 Å². The Kier molecular flexibility index (Phi) is 4.73. The number of nitrogens with one attached hydrogen (secondary N) is 1. The lowest BCUT2D eigenvalue weighted by Crippen LogP contribution is -2.39. The highest BCUT2D eigenvalue weighted by Crippen LogP contribution is 2.25. The minimum absolute atomic E-state index is 0.134. The van der Waals surface area contributed by atoms with Gasteiger partial charge in [0.15, 0.2) is 0 Å². The van der Waals surface area contributed by atoms with Crippen LogP contribution in [0.3, 0.4) is 0 Å². The average Bonchev–Trinajstić information content (AvgIpc) is 2.37. The number of sulfonamides is 1. The molecular formula is C11H16N2O5S. The summed E-state index contributed by atoms with van der Waals surface area (Å²) in [5.41, 5.74) is 5.83. The monoisotopic (exact) mass is 288 g/mol. The van der Waals surface area contributed by atoms with Crippen LogP contribution in [0, 0.1) is 0 Å². The summed E-state index contributed by atoms with van der Waals surface area (Å²) >= 11 is 0. The van der Waals surface area contributed by atoms with Gasteiger partial charge >= 0.3 is 5.97 Å². The number of benzene rings is 1. The van der Waals surface area contributed by atoms with Gasteiger partial charge in [0.25, 0.3) is 0 Å². The molecule has 0 saturated heterocycles. The molecule has 0 radical (unpaired) electrons. The lowest BCUT2D eigenvalue weighted by atomic mass is 10.3. The largest absolute Gasteiger partial charge is 0.495 e. The molecule has 0 aliphatic rings. The Hall–Kier alpha value is -1.80. The van der Waals surface area contributed by atoms with E-state index in [2.05, 4.69) is 9.46 Å². The Morgan fingerprint density at radius 3 is 2.53 bits per heavy atom. The SMILES string of the molecule is COC(=O)C(C)NS(=O)(=O)c1cc(N)ccc1OC. The molecule has 1 atom stereocenters. The van der Waals surface area contributed by atoms with Crippen molar-refractivity contribution in [3.63, 3.8) is 0 Å². The molecule has 3 N–H and O–H groups in total. The van der Waals surface area contributed by atoms with E-state index in [9.17, 15) is 13.2 Å². The maximum absolute atomic E-state index is 12.1. The number of rotatable bonds is 5. The van der Waals surface area contributed by atoms with E-state index in [0.29, 0.717) is 0 Å². The number of hydrogen-bond donors (Lipinski definition) is 2. The Morgan fingerprint density at radius 2 is 2.00 bits per heavy atom. The highest BCUT2D eigenvalue weighted by molar-refractivity contribution is 7.89. The van der Waals surface area contributed by atoms with Gasteiger partial charge in [-0.15, -0.1) is 0 Å². The Bertz CT molecular complexity index is 570. The van der Waals surface area contributed by atoms with Crippen LogP contribution in [-0.4, -0.2) is 34.6 Å². The molecule has 7 nitrogen and oxygen atoms in total. The zero-order valence-corrected chi connectivity index (χ0v) is 11.7. The molecule has 0 aliphatic carbocycles. The smallest absolute Gasteiger partial charge is 0.323 e. The third-order valence-corrected chi connectivity index (χ3v) is 3.93. The maximum Gasteiger partial charge on any atom is 0.323 e. The molecule has 1 aromatic rings. The first-order chi connectivity index (χ1) is 8.81. The standard InChI is InChI=1S/C11H16N2O5S/c1-7(11(14)18-3)13-19(15,16)10-6-8(12)4-5-9(10)17-2/h4-7,13H,12H2,1-3H3. The molecule has 0 bridgehead atoms. The van der Waals surface area contributed by atoms with Crippen LogP contribution >= 0.6 is 0 Å². The van der Waals surface area contributed by atoms with Crippen molar-refractivity contribution >= 4 is 21.7 Å². The summed E-state index contributed by atoms with van der Waals surface area (Å²) in [4.78, 5) is 11.1. The van der Waals surface area contributed by atoms with E-state index in [-0.39, 0.29) is 16.3 Å². The van der Waals surface area contributed by atoms with Crippen LogP contribution in [0.15, 0.2) is 23.1 Å². The molecular weight excluding hydrogens is 272 g/mol. The molecule has 19 heavy (non-hydrogen) atoms. The first kappa shape index (κ1) is 15.3. The zero-order chi connectivity index (χ0) is 14.6. The lowest BCUT2D eigenvalue weighted by Gasteiger charge is -2.14. The summed E-state index contributed by atoms with van der Waals surface area (Å²) < 4.78 is 35.9. The molecule has 0 spiro atoms. The van der Waals surface area contributed by atoms with Gasteiger partial charge in [0, 0.05) is 5.69 Å². The van der Waals surface area contributed by atoms with Crippen LogP contribution in [0.1, 0.15) is 6.92 Å². The number of esters is 1. The maximum atomic E-state index is 12.1. The van der Waals surface area contributed by atoms with Crippen molar-refractivity contribution in [2.24, 2.45) is 0 Å². The van der Waals surface area contributed by atoms with Crippen LogP contribution in [0.25, 0.3) is 0 Å². The van der Waals surface area contributed by atoms with Crippen molar-refractivity contribution in [3.8, 4) is 5.75 Å². The minimum atomic E-state index is -3.94. The summed E-state index contributed by atoms with van der Waals surface area (Å²) in [6.45, 7) is 1.38. The number of carbonyl (C=O) groups excluding carboxylic acids is 1. The topological polar surface area (TPSA) is 108 Å². The quantitative estimate of drug-likeness (QED) is 0.588. The molecule has 0 heterocycles. The third-order valence-electron chi connectivity index (χ3n) is 2.36. The normalized spacial score (nSPS) is 12.8. The van der Waals surface area contributed by atoms with Crippen molar-refractivity contribution in [2.45, 2.75) is 17.9 Å². The summed E-state index contributed by atoms with van der Waals surface area (Å²) in [7, 11) is -1.42. The van der Waals surface area contributed by atoms with Crippen LogP contribution in [0.5, 0.6) is 5.75 Å². The van der Waals surface area contributed by atoms with E-state index in [1.807, 2.05) is 0 Å². The summed E-state index contributed by atoms with van der Waals surface area (Å²) in [6, 6.07) is 3.19. The van der Waals surface area contributed by atoms with Gasteiger partial charge in [-0.2, -0.15) is 4.72 Å². The molecule has 1 aromatic carbocycles. The fourth-order valence-corrected chi connectivity index (χ4v) is 2.82. The van der Waals surface area contributed by atoms with Gasteiger partial charge in [0.2, 0.25) is 10.0 Å². The van der Waals surface area contributed by atoms with Crippen molar-refractivity contribution in [1.82, 2.24) is 4.72 Å². The van der Waals surface area contributed by atoms with Crippen LogP contribution in [0.2, 0.25) is 0 Å². The number of anilines is 1. The van der Waals surface area contributed by atoms with Gasteiger partial charge in [0.05, 0.1) is 14.2 Å². The Labute approximate surface area is 111 Å². The molecule has 8 heteroatoms. The second-order valence-electron chi connectivity index (χ2n) is 3.78. The van der Waals surface area contributed by atoms with Crippen molar-refractivity contribution < 1.29 is 22.7 Å². The molecule has 0 fully saturated rings. The van der Waals surface area contributed by atoms with E-state index < -0.39 is 22.0 Å². The first-order valence-electron chi connectivity index (χ1n) is 5.35. The predicted molar refractivity (Wildman–Crippen MR) is 69.2 cm³/mol. The second kappa shape index (κ2) is 5.89. The van der Waals surface area contributed by atoms with Gasteiger partial charge in [-0.05, 0) is 25.1 Å². The molecule has 0 aliphatic heterocycles. The lowest BCUT2D eigenvalue weighted by molar-refractivity contribution is -0.142. The molecule has 106 valence electrons. The second-order valence-corrected chi connectivity index (χ2v) is 5.46. The van der Waals surface area contributed by atoms with E-state index in [1.165, 1.54) is 39.3 Å². The summed E-state index contributed by atoms with van der Waals surface area (Å²) in [6.07, 6.45) is 0. The molecule has 1 unspecified atom stereocenters. The summed E-state index contributed by atoms with van der Waals surface area (Å²) in [5.74, 6) is -0.551. The van der Waals surface area contributed by atoms with E-state index in [1.54, 1.807) is 0 Å². The first-order valence-corrected chi connectivity index (χ1v) is 6.84. The highest BCUT2D eigenvalue weighted by Gasteiger charge is 2.25. The number of methoxy groups -OCH3 is 2. The van der Waals surface area contributed by atoms with Gasteiger partial charge < -0.3 is 15.2 Å². The molecule has 0 amide bonds. The van der Waals surface area contributed by atoms with Crippen LogP contribution in [-0.2, 0) is 19.6 Å². The number of ether oxygens (including phenoxy) is 2. The Balaban J connectivity index is 3.13. The number of carbonyl (C=O) groups is 1. The molecule has 0 aromatic heterocycles. The number of hydrogen-bond acceptors (Lipinski definition) is 6. The van der Waals surface area contributed by atoms with Gasteiger partial charge in [-0.1, -0.05) is 0 Å². The van der Waals surface area contributed by atoms with E-state index >= 15 is 0 Å². The van der Waals surface area contributed by atoms with Crippen molar-refractivity contribution in [1.29, 1.82) is 0 Å². The van der Waals surface area contributed by atoms with E-state index in [0.717, 1.165) is 0 Å². The van der Waals surface area contributed by atoms with Gasteiger partial charge in [-0.25, -0.2) is 8.42 Å². The Morgan fingerprint density at radius 1 is 1.37 bits per heavy atom. The molecule has 0 saturated carbocycles. The zero-order valence-electron chi connectivity index (χ0n) is 10.8. The third kappa shape index (κ3) is 3.58. The van der Waals surface area contributed by atoms with Crippen LogP contribution in [0.4, 0.5) is 5.69 Å². The van der Waals surface area contributed by atoms with Crippen molar-refractivity contribution in [3.05, 3.63) is 18.2 Å². The molecule has 1 rings (SSSR count).